The van der Waals surface area contributed by atoms with Crippen LogP contribution in [0, 0.1) is 25.7 Å². The summed E-state index contributed by atoms with van der Waals surface area (Å²) in [5, 5.41) is 12.0. The third kappa shape index (κ3) is 3.15. The molecule has 1 heterocycles. The third-order valence-electron chi connectivity index (χ3n) is 3.79. The lowest BCUT2D eigenvalue weighted by atomic mass is 9.96. The van der Waals surface area contributed by atoms with Crippen LogP contribution in [-0.4, -0.2) is 23.5 Å². The van der Waals surface area contributed by atoms with Crippen LogP contribution in [0.2, 0.25) is 0 Å². The summed E-state index contributed by atoms with van der Waals surface area (Å²) in [5.41, 5.74) is 0.715. The highest BCUT2D eigenvalue weighted by Crippen LogP contribution is 2.31. The Morgan fingerprint density at radius 1 is 1.42 bits per heavy atom. The summed E-state index contributed by atoms with van der Waals surface area (Å²) >= 11 is 1.61. The van der Waals surface area contributed by atoms with Gasteiger partial charge in [-0.2, -0.15) is 0 Å². The van der Waals surface area contributed by atoms with Gasteiger partial charge in [-0.05, 0) is 38.7 Å². The number of aryl methyl sites for hydroxylation is 2. The Morgan fingerprint density at radius 3 is 2.74 bits per heavy atom. The number of amides is 1. The molecule has 0 bridgehead atoms. The fourth-order valence-corrected chi connectivity index (χ4v) is 3.70. The summed E-state index contributed by atoms with van der Waals surface area (Å²) in [6, 6.07) is 1.89. The average molecular weight is 281 g/mol. The van der Waals surface area contributed by atoms with Crippen molar-refractivity contribution in [3.63, 3.8) is 0 Å². The second-order valence-corrected chi connectivity index (χ2v) is 6.63. The second-order valence-electron chi connectivity index (χ2n) is 5.17. The van der Waals surface area contributed by atoms with Gasteiger partial charge in [0.15, 0.2) is 0 Å². The number of thiophene rings is 1. The predicted octanol–water partition coefficient (Wildman–Crippen LogP) is 2.60. The van der Waals surface area contributed by atoms with E-state index in [2.05, 4.69) is 5.32 Å². The van der Waals surface area contributed by atoms with E-state index in [9.17, 15) is 9.59 Å². The summed E-state index contributed by atoms with van der Waals surface area (Å²) in [4.78, 5) is 25.3. The van der Waals surface area contributed by atoms with Gasteiger partial charge in [0.25, 0.3) is 5.91 Å². The summed E-state index contributed by atoms with van der Waals surface area (Å²) in [7, 11) is 0. The third-order valence-corrected chi connectivity index (χ3v) is 4.75. The van der Waals surface area contributed by atoms with Gasteiger partial charge in [0.2, 0.25) is 0 Å². The van der Waals surface area contributed by atoms with E-state index >= 15 is 0 Å². The summed E-state index contributed by atoms with van der Waals surface area (Å²) in [5.74, 6) is -1.05. The molecule has 0 radical (unpaired) electrons. The van der Waals surface area contributed by atoms with Crippen molar-refractivity contribution in [1.82, 2.24) is 5.32 Å². The molecule has 2 rings (SSSR count). The number of aliphatic carboxylic acids is 1. The number of carbonyl (C=O) groups is 2. The van der Waals surface area contributed by atoms with E-state index in [4.69, 9.17) is 5.11 Å². The van der Waals surface area contributed by atoms with Gasteiger partial charge in [0, 0.05) is 16.3 Å². The van der Waals surface area contributed by atoms with Crippen molar-refractivity contribution in [2.45, 2.75) is 33.1 Å². The summed E-state index contributed by atoms with van der Waals surface area (Å²) in [6.07, 6.45) is 2.56. The smallest absolute Gasteiger partial charge is 0.306 e. The van der Waals surface area contributed by atoms with Crippen LogP contribution in [-0.2, 0) is 4.79 Å². The maximum Gasteiger partial charge on any atom is 0.306 e. The van der Waals surface area contributed by atoms with Crippen molar-refractivity contribution in [3.05, 3.63) is 21.4 Å². The van der Waals surface area contributed by atoms with Crippen molar-refractivity contribution in [1.29, 1.82) is 0 Å². The molecular formula is C14H19NO3S. The van der Waals surface area contributed by atoms with Gasteiger partial charge in [-0.1, -0.05) is 6.42 Å². The Labute approximate surface area is 116 Å². The van der Waals surface area contributed by atoms with Crippen molar-refractivity contribution in [2.24, 2.45) is 11.8 Å². The molecule has 104 valence electrons. The lowest BCUT2D eigenvalue weighted by Gasteiger charge is -2.16. The van der Waals surface area contributed by atoms with Crippen molar-refractivity contribution < 1.29 is 14.7 Å². The first-order chi connectivity index (χ1) is 8.99. The molecular weight excluding hydrogens is 262 g/mol. The lowest BCUT2D eigenvalue weighted by molar-refractivity contribution is -0.142. The molecule has 1 aliphatic rings. The van der Waals surface area contributed by atoms with E-state index in [0.717, 1.165) is 29.0 Å². The molecule has 1 aliphatic carbocycles. The number of carboxylic acid groups (broad SMARTS) is 1. The normalized spacial score (nSPS) is 22.4. The molecule has 0 saturated heterocycles. The van der Waals surface area contributed by atoms with Crippen LogP contribution >= 0.6 is 11.3 Å². The van der Waals surface area contributed by atoms with E-state index in [1.807, 2.05) is 19.9 Å². The maximum atomic E-state index is 12.1. The molecule has 0 aliphatic heterocycles. The monoisotopic (exact) mass is 281 g/mol. The molecule has 5 heteroatoms. The Morgan fingerprint density at radius 2 is 2.16 bits per heavy atom. The van der Waals surface area contributed by atoms with Gasteiger partial charge in [0.05, 0.1) is 11.5 Å². The fourth-order valence-electron chi connectivity index (χ4n) is 2.78. The zero-order chi connectivity index (χ0) is 14.0. The zero-order valence-corrected chi connectivity index (χ0v) is 12.0. The highest BCUT2D eigenvalue weighted by atomic mass is 32.1. The molecule has 1 aromatic rings. The van der Waals surface area contributed by atoms with Crippen LogP contribution in [0.3, 0.4) is 0 Å². The zero-order valence-electron chi connectivity index (χ0n) is 11.2. The molecule has 1 fully saturated rings. The Balaban J connectivity index is 1.94. The predicted molar refractivity (Wildman–Crippen MR) is 74.6 cm³/mol. The van der Waals surface area contributed by atoms with Gasteiger partial charge < -0.3 is 10.4 Å². The van der Waals surface area contributed by atoms with Crippen LogP contribution in [0.1, 0.15) is 39.4 Å². The number of hydrogen-bond donors (Lipinski definition) is 2. The van der Waals surface area contributed by atoms with Crippen LogP contribution in [0.4, 0.5) is 0 Å². The molecule has 1 amide bonds. The van der Waals surface area contributed by atoms with Crippen LogP contribution < -0.4 is 5.32 Å². The van der Waals surface area contributed by atoms with E-state index < -0.39 is 5.97 Å². The molecule has 2 unspecified atom stereocenters. The van der Waals surface area contributed by atoms with Gasteiger partial charge >= 0.3 is 5.97 Å². The lowest BCUT2D eigenvalue weighted by Crippen LogP contribution is -2.33. The highest BCUT2D eigenvalue weighted by Gasteiger charge is 2.32. The second kappa shape index (κ2) is 5.74. The molecule has 1 aromatic heterocycles. The Hall–Kier alpha value is -1.36. The van der Waals surface area contributed by atoms with E-state index in [0.29, 0.717) is 12.1 Å². The van der Waals surface area contributed by atoms with Crippen LogP contribution in [0.25, 0.3) is 0 Å². The number of carboxylic acids is 1. The number of rotatable bonds is 4. The first kappa shape index (κ1) is 14.1. The van der Waals surface area contributed by atoms with Crippen molar-refractivity contribution in [3.8, 4) is 0 Å². The fraction of sp³-hybridized carbons (Fsp3) is 0.571. The van der Waals surface area contributed by atoms with E-state index in [-0.39, 0.29) is 17.7 Å². The standard InChI is InChI=1S/C14H19NO3S/c1-8-6-12(9(2)19-8)13(16)15-7-10-4-3-5-11(10)14(17)18/h6,10-11H,3-5,7H2,1-2H3,(H,15,16)(H,17,18). The Kier molecular flexibility index (Phi) is 4.24. The van der Waals surface area contributed by atoms with E-state index in [1.165, 1.54) is 0 Å². The molecule has 4 nitrogen and oxygen atoms in total. The largest absolute Gasteiger partial charge is 0.481 e. The molecule has 1 saturated carbocycles. The Bertz CT molecular complexity index is 495. The minimum Gasteiger partial charge on any atom is -0.481 e. The number of carbonyl (C=O) groups excluding carboxylic acids is 1. The van der Waals surface area contributed by atoms with Crippen LogP contribution in [0.5, 0.6) is 0 Å². The minimum atomic E-state index is -0.737. The van der Waals surface area contributed by atoms with Crippen molar-refractivity contribution >= 4 is 23.2 Å². The molecule has 2 atom stereocenters. The quantitative estimate of drug-likeness (QED) is 0.891. The molecule has 2 N–H and O–H groups in total. The van der Waals surface area contributed by atoms with Gasteiger partial charge in [-0.3, -0.25) is 9.59 Å². The topological polar surface area (TPSA) is 66.4 Å². The molecule has 0 aromatic carbocycles. The van der Waals surface area contributed by atoms with Gasteiger partial charge in [-0.15, -0.1) is 11.3 Å². The van der Waals surface area contributed by atoms with Gasteiger partial charge in [0.1, 0.15) is 0 Å². The first-order valence-electron chi connectivity index (χ1n) is 6.57. The highest BCUT2D eigenvalue weighted by molar-refractivity contribution is 7.12. The number of nitrogens with one attached hydrogen (secondary N) is 1. The maximum absolute atomic E-state index is 12.1. The minimum absolute atomic E-state index is 0.0708. The molecule has 0 spiro atoms. The van der Waals surface area contributed by atoms with Crippen molar-refractivity contribution in [2.75, 3.05) is 6.54 Å². The number of hydrogen-bond acceptors (Lipinski definition) is 3. The average Bonchev–Trinajstić information content (AvgIpc) is 2.92. The van der Waals surface area contributed by atoms with Gasteiger partial charge in [-0.25, -0.2) is 0 Å². The first-order valence-corrected chi connectivity index (χ1v) is 7.38. The van der Waals surface area contributed by atoms with E-state index in [1.54, 1.807) is 11.3 Å². The summed E-state index contributed by atoms with van der Waals surface area (Å²) in [6.45, 7) is 4.37. The summed E-state index contributed by atoms with van der Waals surface area (Å²) < 4.78 is 0. The van der Waals surface area contributed by atoms with Crippen LogP contribution in [0.15, 0.2) is 6.07 Å². The molecule has 19 heavy (non-hydrogen) atoms. The SMILES string of the molecule is Cc1cc(C(=O)NCC2CCCC2C(=O)O)c(C)s1.